The summed E-state index contributed by atoms with van der Waals surface area (Å²) in [5.74, 6) is 2.18. The van der Waals surface area contributed by atoms with E-state index in [0.717, 1.165) is 5.56 Å². The third-order valence-corrected chi connectivity index (χ3v) is 3.32. The zero-order valence-corrected chi connectivity index (χ0v) is 19.0. The zero-order valence-electron chi connectivity index (χ0n) is 15.9. The fourth-order valence-electron chi connectivity index (χ4n) is 1.10. The van der Waals surface area contributed by atoms with Gasteiger partial charge in [-0.05, 0) is 31.9 Å². The minimum atomic E-state index is -3.65. The average Bonchev–Trinajstić information content (AvgIpc) is 2.43. The van der Waals surface area contributed by atoms with E-state index in [2.05, 4.69) is 5.92 Å². The van der Waals surface area contributed by atoms with Crippen molar-refractivity contribution in [1.29, 1.82) is 0 Å². The van der Waals surface area contributed by atoms with Crippen LogP contribution in [-0.2, 0) is 36.0 Å². The Hall–Kier alpha value is -0.386. The molecule has 8 heteroatoms. The fourth-order valence-corrected chi connectivity index (χ4v) is 2.04. The Morgan fingerprint density at radius 2 is 1.46 bits per heavy atom. The molecule has 0 saturated heterocycles. The van der Waals surface area contributed by atoms with E-state index >= 15 is 0 Å². The minimum absolute atomic E-state index is 0. The van der Waals surface area contributed by atoms with Crippen molar-refractivity contribution in [3.05, 3.63) is 36.3 Å². The molecule has 0 spiro atoms. The van der Waals surface area contributed by atoms with Gasteiger partial charge in [0, 0.05) is 6.42 Å². The second kappa shape index (κ2) is 19.4. The maximum absolute atomic E-state index is 11.6. The number of halogens is 1. The Bertz CT molecular complexity index is 555. The van der Waals surface area contributed by atoms with Crippen LogP contribution in [0.15, 0.2) is 29.2 Å². The normalized spacial score (nSPS) is 9.54. The van der Waals surface area contributed by atoms with Gasteiger partial charge in [-0.15, -0.1) is 12.2 Å². The van der Waals surface area contributed by atoms with Gasteiger partial charge in [-0.3, -0.25) is 4.18 Å². The average molecular weight is 439 g/mol. The van der Waals surface area contributed by atoms with Gasteiger partial charge in [0.25, 0.3) is 10.1 Å². The van der Waals surface area contributed by atoms with Crippen molar-refractivity contribution in [2.45, 2.75) is 64.6 Å². The first-order chi connectivity index (χ1) is 11.0. The maximum Gasteiger partial charge on any atom is 3.00 e. The summed E-state index contributed by atoms with van der Waals surface area (Å²) in [5, 5.41) is 19.1. The third-order valence-electron chi connectivity index (χ3n) is 1.99. The van der Waals surface area contributed by atoms with Gasteiger partial charge in [-0.25, -0.2) is 0 Å². The molecule has 0 bridgehead atoms. The Morgan fingerprint density at radius 1 is 1.08 bits per heavy atom. The fraction of sp³-hybridized carbons (Fsp3) is 0.556. The summed E-state index contributed by atoms with van der Waals surface area (Å²) in [7, 11) is -3.65. The maximum atomic E-state index is 11.6. The summed E-state index contributed by atoms with van der Waals surface area (Å²) in [6.07, 6.45) is 6.72. The van der Waals surface area contributed by atoms with Crippen molar-refractivity contribution in [2.24, 2.45) is 0 Å². The van der Waals surface area contributed by atoms with Gasteiger partial charge < -0.3 is 22.6 Å². The first-order valence-corrected chi connectivity index (χ1v) is 9.11. The summed E-state index contributed by atoms with van der Waals surface area (Å²) in [6.45, 7) is 8.42. The van der Waals surface area contributed by atoms with Gasteiger partial charge in [0.05, 0.1) is 11.5 Å². The predicted octanol–water partition coefficient (Wildman–Crippen LogP) is -1.42. The Morgan fingerprint density at radius 3 is 1.81 bits per heavy atom. The third kappa shape index (κ3) is 23.6. The van der Waals surface area contributed by atoms with E-state index < -0.39 is 22.3 Å². The van der Waals surface area contributed by atoms with Crippen molar-refractivity contribution < 1.29 is 56.9 Å². The molecule has 0 aromatic heterocycles. The summed E-state index contributed by atoms with van der Waals surface area (Å²) >= 11 is 0. The van der Waals surface area contributed by atoms with Gasteiger partial charge in [0.1, 0.15) is 0 Å². The van der Waals surface area contributed by atoms with Crippen LogP contribution >= 0.6 is 0 Å². The van der Waals surface area contributed by atoms with Crippen molar-refractivity contribution in [3.8, 4) is 5.92 Å². The molecule has 0 heterocycles. The van der Waals surface area contributed by atoms with E-state index in [1.807, 2.05) is 6.92 Å². The Kier molecular flexibility index (Phi) is 24.8. The van der Waals surface area contributed by atoms with E-state index in [1.54, 1.807) is 39.8 Å². The molecule has 0 amide bonds. The van der Waals surface area contributed by atoms with E-state index in [4.69, 9.17) is 10.6 Å². The van der Waals surface area contributed by atoms with Crippen LogP contribution in [0.3, 0.4) is 0 Å². The molecule has 0 aliphatic carbocycles. The van der Waals surface area contributed by atoms with E-state index in [-0.39, 0.29) is 45.6 Å². The minimum Gasteiger partial charge on any atom is -1.00 e. The molecule has 2 radical (unpaired) electrons. The van der Waals surface area contributed by atoms with E-state index in [0.29, 0.717) is 12.8 Å². The van der Waals surface area contributed by atoms with Crippen LogP contribution in [0.1, 0.15) is 46.1 Å². The zero-order chi connectivity index (χ0) is 19.2. The van der Waals surface area contributed by atoms with Crippen molar-refractivity contribution in [3.63, 3.8) is 0 Å². The number of hydrogen-bond donors (Lipinski definition) is 0. The molecule has 0 fully saturated rings. The molecule has 1 aromatic carbocycles. The largest absolute Gasteiger partial charge is 3.00 e. The molecule has 5 nitrogen and oxygen atoms in total. The standard InChI is InChI=1S/C12H13O3S.2C3H7O.ClH.Ti/c1-3-4-5-10-15-16(13,14)12-8-6-11(2)7-9-12;2*1-3(2)4;;/h6-9H,4-5,10H2,2H3;2*3H,1-2H3;1H;/q;2*-1;;+3/p-1. The second-order valence-corrected chi connectivity index (χ2v) is 7.08. The van der Waals surface area contributed by atoms with E-state index in [1.165, 1.54) is 12.1 Å². The van der Waals surface area contributed by atoms with Crippen molar-refractivity contribution in [2.75, 3.05) is 6.61 Å². The van der Waals surface area contributed by atoms with Gasteiger partial charge in [-0.2, -0.15) is 8.42 Å². The molecule has 0 saturated carbocycles. The van der Waals surface area contributed by atoms with Gasteiger partial charge >= 0.3 is 21.7 Å². The van der Waals surface area contributed by atoms with Crippen LogP contribution in [0.5, 0.6) is 0 Å². The van der Waals surface area contributed by atoms with Gasteiger partial charge in [0.2, 0.25) is 0 Å². The molecule has 1 aromatic rings. The predicted molar refractivity (Wildman–Crippen MR) is 91.0 cm³/mol. The molecule has 0 unspecified atom stereocenters. The van der Waals surface area contributed by atoms with Crippen LogP contribution in [0.2, 0.25) is 0 Å². The smallest absolute Gasteiger partial charge is 1.00 e. The van der Waals surface area contributed by atoms with Crippen LogP contribution in [0.25, 0.3) is 0 Å². The van der Waals surface area contributed by atoms with Gasteiger partial charge in [0.15, 0.2) is 0 Å². The van der Waals surface area contributed by atoms with Crippen LogP contribution < -0.4 is 22.6 Å². The second-order valence-electron chi connectivity index (χ2n) is 5.47. The van der Waals surface area contributed by atoms with Crippen molar-refractivity contribution in [1.82, 2.24) is 0 Å². The van der Waals surface area contributed by atoms with E-state index in [9.17, 15) is 18.6 Å². The molecular formula is C18H27ClO5STi. The van der Waals surface area contributed by atoms with Crippen LogP contribution in [-0.4, -0.2) is 27.2 Å². The van der Waals surface area contributed by atoms with Crippen LogP contribution in [0, 0.1) is 19.3 Å². The number of hydrogen-bond acceptors (Lipinski definition) is 5. The van der Waals surface area contributed by atoms with Crippen molar-refractivity contribution >= 4 is 10.1 Å². The molecule has 0 aliphatic heterocycles. The molecule has 0 atom stereocenters. The van der Waals surface area contributed by atoms with Crippen LogP contribution in [0.4, 0.5) is 0 Å². The molecular weight excluding hydrogens is 412 g/mol. The number of unbranched alkanes of at least 4 members (excludes halogenated alkanes) is 1. The Labute approximate surface area is 180 Å². The molecule has 1 rings (SSSR count). The Balaban J connectivity index is -0.000000206. The summed E-state index contributed by atoms with van der Waals surface area (Å²) in [5.41, 5.74) is 0.998. The quantitative estimate of drug-likeness (QED) is 0.244. The molecule has 26 heavy (non-hydrogen) atoms. The monoisotopic (exact) mass is 438 g/mol. The first kappa shape index (κ1) is 33.2. The number of benzene rings is 1. The summed E-state index contributed by atoms with van der Waals surface area (Å²) in [6, 6.07) is 6.49. The topological polar surface area (TPSA) is 89.5 Å². The molecule has 0 N–H and O–H groups in total. The number of rotatable bonds is 5. The van der Waals surface area contributed by atoms with Gasteiger partial charge in [-0.1, -0.05) is 51.3 Å². The molecule has 146 valence electrons. The summed E-state index contributed by atoms with van der Waals surface area (Å²) in [4.78, 5) is 0.164. The SMILES string of the molecule is CC(C)[O-].CC(C)[O-].[C]#CCCCOS(=O)(=O)c1ccc(C)cc1.[Cl-].[Ti+3]. The first-order valence-electron chi connectivity index (χ1n) is 7.70. The summed E-state index contributed by atoms with van der Waals surface area (Å²) < 4.78 is 28.0. The number of aryl methyl sites for hydroxylation is 1. The molecule has 0 aliphatic rings.